The molecule has 0 unspecified atom stereocenters. The summed E-state index contributed by atoms with van der Waals surface area (Å²) in [5, 5.41) is 3.12. The fourth-order valence-electron chi connectivity index (χ4n) is 3.80. The maximum atomic E-state index is 12.8. The highest BCUT2D eigenvalue weighted by molar-refractivity contribution is 5.86. The number of benzene rings is 1. The van der Waals surface area contributed by atoms with Gasteiger partial charge in [-0.1, -0.05) is 43.2 Å². The quantitative estimate of drug-likeness (QED) is 0.922. The Morgan fingerprint density at radius 2 is 1.88 bits per heavy atom. The van der Waals surface area contributed by atoms with E-state index in [-0.39, 0.29) is 36.5 Å². The second kappa shape index (κ2) is 7.34. The molecule has 24 heavy (non-hydrogen) atoms. The van der Waals surface area contributed by atoms with E-state index in [2.05, 4.69) is 5.32 Å². The number of rotatable bonds is 4. The number of amides is 2. The number of morpholine rings is 1. The Morgan fingerprint density at radius 3 is 2.50 bits per heavy atom. The maximum Gasteiger partial charge on any atom is 0.251 e. The molecule has 0 bridgehead atoms. The van der Waals surface area contributed by atoms with Crippen LogP contribution in [-0.4, -0.2) is 41.5 Å². The van der Waals surface area contributed by atoms with Crippen LogP contribution in [0.4, 0.5) is 0 Å². The predicted octanol–water partition coefficient (Wildman–Crippen LogP) is 2.42. The summed E-state index contributed by atoms with van der Waals surface area (Å²) in [6, 6.07) is 9.57. The first-order valence-corrected chi connectivity index (χ1v) is 8.86. The van der Waals surface area contributed by atoms with Crippen LogP contribution in [0.2, 0.25) is 0 Å². The van der Waals surface area contributed by atoms with E-state index in [4.69, 9.17) is 4.74 Å². The highest BCUT2D eigenvalue weighted by atomic mass is 16.5. The third-order valence-electron chi connectivity index (χ3n) is 4.92. The Kier molecular flexibility index (Phi) is 5.19. The highest BCUT2D eigenvalue weighted by Gasteiger charge is 2.43. The number of nitrogens with zero attached hydrogens (tertiary/aromatic N) is 1. The van der Waals surface area contributed by atoms with Crippen molar-refractivity contribution in [3.8, 4) is 0 Å². The van der Waals surface area contributed by atoms with Crippen LogP contribution < -0.4 is 5.32 Å². The van der Waals surface area contributed by atoms with Gasteiger partial charge in [0, 0.05) is 12.1 Å². The number of nitrogens with one attached hydrogen (secondary N) is 1. The third-order valence-corrected chi connectivity index (χ3v) is 4.92. The van der Waals surface area contributed by atoms with Gasteiger partial charge in [-0.3, -0.25) is 9.59 Å². The molecule has 1 aliphatic heterocycles. The number of ether oxygens (including phenoxy) is 1. The van der Waals surface area contributed by atoms with E-state index in [1.165, 1.54) is 0 Å². The van der Waals surface area contributed by atoms with E-state index in [9.17, 15) is 9.59 Å². The van der Waals surface area contributed by atoms with Crippen LogP contribution in [0.1, 0.15) is 51.1 Å². The van der Waals surface area contributed by atoms with Crippen molar-refractivity contribution in [3.05, 3.63) is 35.9 Å². The molecule has 1 aliphatic carbocycles. The second-order valence-electron chi connectivity index (χ2n) is 6.97. The molecule has 5 nitrogen and oxygen atoms in total. The average Bonchev–Trinajstić information content (AvgIpc) is 3.07. The Balaban J connectivity index is 1.87. The number of carbonyl (C=O) groups excluding carboxylic acids is 2. The molecule has 1 heterocycles. The fourth-order valence-corrected chi connectivity index (χ4v) is 3.80. The van der Waals surface area contributed by atoms with Crippen LogP contribution in [0.15, 0.2) is 30.3 Å². The predicted molar refractivity (Wildman–Crippen MR) is 91.3 cm³/mol. The summed E-state index contributed by atoms with van der Waals surface area (Å²) < 4.78 is 5.71. The Hall–Kier alpha value is -1.88. The summed E-state index contributed by atoms with van der Waals surface area (Å²) in [5.41, 5.74) is 0.936. The Bertz CT molecular complexity index is 582. The zero-order chi connectivity index (χ0) is 17.1. The first-order valence-electron chi connectivity index (χ1n) is 8.86. The van der Waals surface area contributed by atoms with Crippen LogP contribution >= 0.6 is 0 Å². The molecule has 5 heteroatoms. The molecule has 1 aromatic rings. The molecule has 130 valence electrons. The number of carbonyl (C=O) groups is 2. The average molecular weight is 330 g/mol. The van der Waals surface area contributed by atoms with Gasteiger partial charge in [-0.25, -0.2) is 0 Å². The lowest BCUT2D eigenvalue weighted by Gasteiger charge is -2.43. The maximum absolute atomic E-state index is 12.8. The molecule has 2 atom stereocenters. The van der Waals surface area contributed by atoms with Crippen LogP contribution in [-0.2, 0) is 14.3 Å². The summed E-state index contributed by atoms with van der Waals surface area (Å²) in [6.07, 6.45) is 3.72. The molecule has 2 fully saturated rings. The van der Waals surface area contributed by atoms with Gasteiger partial charge in [-0.15, -0.1) is 0 Å². The minimum atomic E-state index is -0.659. The molecule has 1 saturated carbocycles. The lowest BCUT2D eigenvalue weighted by molar-refractivity contribution is -0.167. The van der Waals surface area contributed by atoms with Crippen molar-refractivity contribution in [2.45, 2.75) is 63.8 Å². The SMILES string of the molecule is CC(C)N1C(=O)CO[C@H](C(=O)NC2CCCC2)[C@H]1c1ccccc1. The fraction of sp³-hybridized carbons (Fsp3) is 0.579. The third kappa shape index (κ3) is 3.46. The molecular weight excluding hydrogens is 304 g/mol. The van der Waals surface area contributed by atoms with Gasteiger partial charge in [0.25, 0.3) is 5.91 Å². The summed E-state index contributed by atoms with van der Waals surface area (Å²) in [5.74, 6) is -0.169. The van der Waals surface area contributed by atoms with Crippen molar-refractivity contribution in [1.82, 2.24) is 10.2 Å². The summed E-state index contributed by atoms with van der Waals surface area (Å²) in [7, 11) is 0. The number of hydrogen-bond acceptors (Lipinski definition) is 3. The van der Waals surface area contributed by atoms with E-state index < -0.39 is 6.10 Å². The molecule has 2 aliphatic rings. The second-order valence-corrected chi connectivity index (χ2v) is 6.97. The molecule has 1 aromatic carbocycles. The molecule has 3 rings (SSSR count). The van der Waals surface area contributed by atoms with Crippen LogP contribution in [0.5, 0.6) is 0 Å². The summed E-state index contributed by atoms with van der Waals surface area (Å²) >= 11 is 0. The van der Waals surface area contributed by atoms with Crippen molar-refractivity contribution in [2.24, 2.45) is 0 Å². The Morgan fingerprint density at radius 1 is 1.21 bits per heavy atom. The highest BCUT2D eigenvalue weighted by Crippen LogP contribution is 2.32. The lowest BCUT2D eigenvalue weighted by Crippen LogP contribution is -2.57. The standard InChI is InChI=1S/C19H26N2O3/c1-13(2)21-16(22)12-24-18(17(21)14-8-4-3-5-9-14)19(23)20-15-10-6-7-11-15/h3-5,8-9,13,15,17-18H,6-7,10-12H2,1-2H3,(H,20,23)/t17-,18+/m1/s1. The van der Waals surface area contributed by atoms with Crippen molar-refractivity contribution in [1.29, 1.82) is 0 Å². The van der Waals surface area contributed by atoms with Crippen molar-refractivity contribution < 1.29 is 14.3 Å². The van der Waals surface area contributed by atoms with Gasteiger partial charge in [-0.05, 0) is 32.3 Å². The van der Waals surface area contributed by atoms with E-state index in [1.807, 2.05) is 44.2 Å². The van der Waals surface area contributed by atoms with Crippen molar-refractivity contribution in [2.75, 3.05) is 6.61 Å². The summed E-state index contributed by atoms with van der Waals surface area (Å²) in [4.78, 5) is 27.0. The smallest absolute Gasteiger partial charge is 0.251 e. The van der Waals surface area contributed by atoms with Gasteiger partial charge in [0.2, 0.25) is 5.91 Å². The van der Waals surface area contributed by atoms with Crippen LogP contribution in [0.3, 0.4) is 0 Å². The topological polar surface area (TPSA) is 58.6 Å². The van der Waals surface area contributed by atoms with Gasteiger partial charge in [0.05, 0.1) is 6.04 Å². The lowest BCUT2D eigenvalue weighted by atomic mass is 9.95. The van der Waals surface area contributed by atoms with Gasteiger partial charge in [-0.2, -0.15) is 0 Å². The zero-order valence-corrected chi connectivity index (χ0v) is 14.4. The van der Waals surface area contributed by atoms with E-state index in [0.29, 0.717) is 0 Å². The molecular formula is C19H26N2O3. The van der Waals surface area contributed by atoms with E-state index in [1.54, 1.807) is 4.90 Å². The van der Waals surface area contributed by atoms with Gasteiger partial charge in [0.15, 0.2) is 6.10 Å². The number of hydrogen-bond donors (Lipinski definition) is 1. The van der Waals surface area contributed by atoms with Gasteiger partial charge < -0.3 is 15.0 Å². The minimum absolute atomic E-state index is 0.00777. The molecule has 0 aromatic heterocycles. The van der Waals surface area contributed by atoms with Gasteiger partial charge in [0.1, 0.15) is 6.61 Å². The normalized spacial score (nSPS) is 25.3. The first kappa shape index (κ1) is 17.0. The van der Waals surface area contributed by atoms with Gasteiger partial charge >= 0.3 is 0 Å². The molecule has 0 spiro atoms. The zero-order valence-electron chi connectivity index (χ0n) is 14.4. The van der Waals surface area contributed by atoms with Crippen LogP contribution in [0.25, 0.3) is 0 Å². The largest absolute Gasteiger partial charge is 0.356 e. The Labute approximate surface area is 143 Å². The molecule has 0 radical (unpaired) electrons. The van der Waals surface area contributed by atoms with Crippen LogP contribution in [0, 0.1) is 0 Å². The van der Waals surface area contributed by atoms with Crippen molar-refractivity contribution in [3.63, 3.8) is 0 Å². The monoisotopic (exact) mass is 330 g/mol. The van der Waals surface area contributed by atoms with E-state index in [0.717, 1.165) is 31.2 Å². The van der Waals surface area contributed by atoms with E-state index >= 15 is 0 Å². The summed E-state index contributed by atoms with van der Waals surface area (Å²) in [6.45, 7) is 3.92. The minimum Gasteiger partial charge on any atom is -0.356 e. The van der Waals surface area contributed by atoms with Crippen molar-refractivity contribution >= 4 is 11.8 Å². The molecule has 1 saturated heterocycles. The first-order chi connectivity index (χ1) is 11.6. The molecule has 1 N–H and O–H groups in total. The molecule has 2 amide bonds.